The zero-order chi connectivity index (χ0) is 22.1. The summed E-state index contributed by atoms with van der Waals surface area (Å²) in [6, 6.07) is 8.69. The molecule has 1 aromatic carbocycles. The Morgan fingerprint density at radius 2 is 1.90 bits per heavy atom. The molecule has 0 unspecified atom stereocenters. The maximum Gasteiger partial charge on any atom is 0.372 e. The van der Waals surface area contributed by atoms with Gasteiger partial charge in [-0.15, -0.1) is 0 Å². The summed E-state index contributed by atoms with van der Waals surface area (Å²) in [5.74, 6) is -0.556. The first-order valence-electron chi connectivity index (χ1n) is 8.88. The minimum absolute atomic E-state index is 0.128. The Labute approximate surface area is 179 Å². The molecule has 0 aliphatic carbocycles. The monoisotopic (exact) mass is 447 g/mol. The third-order valence-corrected chi connectivity index (χ3v) is 6.18. The summed E-state index contributed by atoms with van der Waals surface area (Å²) in [5, 5.41) is -0.577. The minimum Gasteiger partial charge on any atom is -0.452 e. The molecule has 157 valence electrons. The highest BCUT2D eigenvalue weighted by molar-refractivity contribution is 8.13. The summed E-state index contributed by atoms with van der Waals surface area (Å²) in [6.45, 7) is 8.97. The van der Waals surface area contributed by atoms with Gasteiger partial charge < -0.3 is 4.74 Å². The number of hydrogen-bond acceptors (Lipinski definition) is 6. The Kier molecular flexibility index (Phi) is 6.05. The van der Waals surface area contributed by atoms with Crippen LogP contribution >= 0.6 is 11.8 Å². The van der Waals surface area contributed by atoms with Crippen molar-refractivity contribution in [1.82, 2.24) is 8.96 Å². The largest absolute Gasteiger partial charge is 0.452 e. The van der Waals surface area contributed by atoms with E-state index in [4.69, 9.17) is 4.74 Å². The van der Waals surface area contributed by atoms with Crippen LogP contribution in [0.15, 0.2) is 64.8 Å². The molecule has 9 heteroatoms. The summed E-state index contributed by atoms with van der Waals surface area (Å²) in [5.41, 5.74) is 0.00140. The Morgan fingerprint density at radius 3 is 2.57 bits per heavy atom. The number of carbonyl (C=O) groups excluding carboxylic acids is 1. The maximum atomic E-state index is 14.3. The molecule has 2 aromatic heterocycles. The number of benzene rings is 1. The molecule has 0 N–H and O–H groups in total. The molecule has 0 bridgehead atoms. The van der Waals surface area contributed by atoms with Gasteiger partial charge in [-0.1, -0.05) is 12.1 Å². The first-order valence-corrected chi connectivity index (χ1v) is 11.1. The molecule has 0 aliphatic rings. The Balaban J connectivity index is 2.00. The van der Waals surface area contributed by atoms with Gasteiger partial charge in [-0.25, -0.2) is 21.6 Å². The predicted octanol–water partition coefficient (Wildman–Crippen LogP) is 5.14. The molecular weight excluding hydrogens is 427 g/mol. The van der Waals surface area contributed by atoms with Gasteiger partial charge in [0, 0.05) is 29.0 Å². The number of aromatic nitrogens is 2. The van der Waals surface area contributed by atoms with E-state index in [0.29, 0.717) is 10.5 Å². The molecule has 0 atom stereocenters. The van der Waals surface area contributed by atoms with Crippen molar-refractivity contribution in [2.45, 2.75) is 36.2 Å². The fraction of sp³-hybridized carbons (Fsp3) is 0.190. The van der Waals surface area contributed by atoms with Crippen molar-refractivity contribution in [2.24, 2.45) is 0 Å². The zero-order valence-electron chi connectivity index (χ0n) is 16.6. The third kappa shape index (κ3) is 4.91. The average Bonchev–Trinajstić information content (AvgIpc) is 3.03. The number of halogens is 1. The first kappa shape index (κ1) is 22.0. The van der Waals surface area contributed by atoms with Gasteiger partial charge in [0.2, 0.25) is 0 Å². The Morgan fingerprint density at radius 1 is 1.20 bits per heavy atom. The highest BCUT2D eigenvalue weighted by atomic mass is 32.2. The van der Waals surface area contributed by atoms with Gasteiger partial charge in [-0.05, 0) is 69.3 Å². The summed E-state index contributed by atoms with van der Waals surface area (Å²) < 4.78 is 47.0. The minimum atomic E-state index is -4.13. The summed E-state index contributed by atoms with van der Waals surface area (Å²) in [4.78, 5) is 16.1. The van der Waals surface area contributed by atoms with Crippen LogP contribution in [0.25, 0.3) is 11.3 Å². The second kappa shape index (κ2) is 8.23. The van der Waals surface area contributed by atoms with Crippen LogP contribution in [-0.4, -0.2) is 28.3 Å². The van der Waals surface area contributed by atoms with Crippen LogP contribution in [0.4, 0.5) is 9.18 Å². The van der Waals surface area contributed by atoms with Crippen LogP contribution in [-0.2, 0) is 14.8 Å². The van der Waals surface area contributed by atoms with E-state index in [1.165, 1.54) is 48.9 Å². The molecule has 0 aliphatic heterocycles. The van der Waals surface area contributed by atoms with Crippen molar-refractivity contribution >= 4 is 27.1 Å². The molecule has 0 saturated heterocycles. The van der Waals surface area contributed by atoms with Crippen molar-refractivity contribution in [1.29, 1.82) is 0 Å². The van der Waals surface area contributed by atoms with Gasteiger partial charge >= 0.3 is 5.30 Å². The quantitative estimate of drug-likeness (QED) is 0.407. The van der Waals surface area contributed by atoms with E-state index < -0.39 is 26.7 Å². The van der Waals surface area contributed by atoms with E-state index in [-0.39, 0.29) is 16.2 Å². The van der Waals surface area contributed by atoms with Gasteiger partial charge in [0.1, 0.15) is 16.3 Å². The lowest BCUT2D eigenvalue weighted by Crippen LogP contribution is -2.21. The van der Waals surface area contributed by atoms with Crippen LogP contribution in [0.1, 0.15) is 26.3 Å². The fourth-order valence-corrected chi connectivity index (χ4v) is 4.88. The molecule has 3 rings (SSSR count). The molecule has 30 heavy (non-hydrogen) atoms. The Hall–Kier alpha value is -2.65. The molecule has 0 spiro atoms. The van der Waals surface area contributed by atoms with E-state index in [2.05, 4.69) is 11.9 Å². The molecule has 3 aromatic rings. The molecule has 0 amide bonds. The normalized spacial score (nSPS) is 12.0. The second-order valence-corrected chi connectivity index (χ2v) is 10.3. The van der Waals surface area contributed by atoms with Gasteiger partial charge in [-0.2, -0.15) is 0 Å². The van der Waals surface area contributed by atoms with Gasteiger partial charge in [0.05, 0.1) is 5.69 Å². The topological polar surface area (TPSA) is 78.3 Å². The van der Waals surface area contributed by atoms with Crippen LogP contribution in [0.3, 0.4) is 0 Å². The predicted molar refractivity (Wildman–Crippen MR) is 113 cm³/mol. The summed E-state index contributed by atoms with van der Waals surface area (Å²) >= 11 is 0.734. The lowest BCUT2D eigenvalue weighted by Gasteiger charge is -2.18. The van der Waals surface area contributed by atoms with E-state index in [1.807, 2.05) is 0 Å². The number of nitrogens with zero attached hydrogens (tertiary/aromatic N) is 2. The standard InChI is InChI=1S/C21H20FN2O4S2/c1-14-9-19(17-7-5-6-8-18(17)22)24(13-14)30(26,27)16-10-15(11-23-12-16)29-20(25)28-21(2,3)4/h5-13H,1H2,2-4H3. The van der Waals surface area contributed by atoms with E-state index in [1.54, 1.807) is 26.8 Å². The van der Waals surface area contributed by atoms with Crippen LogP contribution in [0.5, 0.6) is 0 Å². The number of thioether (sulfide) groups is 1. The third-order valence-electron chi connectivity index (χ3n) is 3.83. The van der Waals surface area contributed by atoms with Gasteiger partial charge in [0.25, 0.3) is 10.0 Å². The van der Waals surface area contributed by atoms with Crippen molar-refractivity contribution in [3.05, 3.63) is 73.3 Å². The fourth-order valence-electron chi connectivity index (χ4n) is 2.64. The number of pyridine rings is 1. The molecule has 2 heterocycles. The van der Waals surface area contributed by atoms with Gasteiger partial charge in [-0.3, -0.25) is 4.98 Å². The summed E-state index contributed by atoms with van der Waals surface area (Å²) in [6.07, 6.45) is 3.85. The highest BCUT2D eigenvalue weighted by Crippen LogP contribution is 2.30. The van der Waals surface area contributed by atoms with E-state index in [0.717, 1.165) is 15.7 Å². The second-order valence-electron chi connectivity index (χ2n) is 7.44. The average molecular weight is 448 g/mol. The van der Waals surface area contributed by atoms with E-state index in [9.17, 15) is 17.6 Å². The smallest absolute Gasteiger partial charge is 0.372 e. The Bertz CT molecular complexity index is 1200. The first-order chi connectivity index (χ1) is 14.0. The number of ether oxygens (including phenoxy) is 1. The molecule has 6 nitrogen and oxygen atoms in total. The van der Waals surface area contributed by atoms with Gasteiger partial charge in [0.15, 0.2) is 0 Å². The number of hydrogen-bond donors (Lipinski definition) is 0. The maximum absolute atomic E-state index is 14.3. The van der Waals surface area contributed by atoms with Crippen molar-refractivity contribution in [2.75, 3.05) is 0 Å². The van der Waals surface area contributed by atoms with Crippen LogP contribution < -0.4 is 0 Å². The van der Waals surface area contributed by atoms with Crippen LogP contribution in [0, 0.1) is 12.7 Å². The van der Waals surface area contributed by atoms with Crippen molar-refractivity contribution < 1.29 is 22.3 Å². The van der Waals surface area contributed by atoms with Crippen molar-refractivity contribution in [3.8, 4) is 11.3 Å². The zero-order valence-corrected chi connectivity index (χ0v) is 18.3. The van der Waals surface area contributed by atoms with Crippen molar-refractivity contribution in [3.63, 3.8) is 0 Å². The highest BCUT2D eigenvalue weighted by Gasteiger charge is 2.24. The lowest BCUT2D eigenvalue weighted by atomic mass is 10.1. The molecule has 0 saturated carbocycles. The lowest BCUT2D eigenvalue weighted by molar-refractivity contribution is 0.0738. The molecule has 1 radical (unpaired) electrons. The van der Waals surface area contributed by atoms with Crippen LogP contribution in [0.2, 0.25) is 0 Å². The SMILES string of the molecule is [CH2]c1cc(-c2ccccc2F)n(S(=O)(=O)c2cncc(SC(=O)OC(C)(C)C)c2)c1. The summed E-state index contributed by atoms with van der Waals surface area (Å²) in [7, 11) is -4.13. The number of carbonyl (C=O) groups is 1. The molecule has 0 fully saturated rings. The van der Waals surface area contributed by atoms with E-state index >= 15 is 0 Å². The molecular formula is C21H20FN2O4S2. The number of rotatable bonds is 4.